The zero-order chi connectivity index (χ0) is 13.2. The van der Waals surface area contributed by atoms with Crippen LogP contribution in [0.25, 0.3) is 5.65 Å². The molecule has 0 bridgehead atoms. The van der Waals surface area contributed by atoms with E-state index in [1.54, 1.807) is 28.9 Å². The van der Waals surface area contributed by atoms with Crippen molar-refractivity contribution in [1.29, 1.82) is 0 Å². The molecule has 0 saturated heterocycles. The van der Waals surface area contributed by atoms with Crippen LogP contribution in [0.4, 0.5) is 0 Å². The van der Waals surface area contributed by atoms with Gasteiger partial charge in [0.1, 0.15) is 5.65 Å². The average Bonchev–Trinajstić information content (AvgIpc) is 2.41. The van der Waals surface area contributed by atoms with Crippen LogP contribution in [0.15, 0.2) is 59.7 Å². The van der Waals surface area contributed by atoms with Crippen molar-refractivity contribution in [2.24, 2.45) is 0 Å². The Morgan fingerprint density at radius 3 is 2.63 bits per heavy atom. The number of halogens is 1. The van der Waals surface area contributed by atoms with E-state index in [-0.39, 0.29) is 5.56 Å². The van der Waals surface area contributed by atoms with E-state index < -0.39 is 0 Å². The van der Waals surface area contributed by atoms with Gasteiger partial charge in [-0.2, -0.15) is 4.98 Å². The monoisotopic (exact) mass is 270 g/mol. The van der Waals surface area contributed by atoms with Crippen LogP contribution in [-0.4, -0.2) is 9.38 Å². The van der Waals surface area contributed by atoms with Crippen molar-refractivity contribution in [2.45, 2.75) is 6.42 Å². The Kier molecular flexibility index (Phi) is 3.05. The fraction of sp³-hybridized carbons (Fsp3) is 0.0667. The van der Waals surface area contributed by atoms with Gasteiger partial charge in [-0.15, -0.1) is 0 Å². The molecule has 0 N–H and O–H groups in total. The van der Waals surface area contributed by atoms with Crippen LogP contribution in [0, 0.1) is 0 Å². The average molecular weight is 271 g/mol. The lowest BCUT2D eigenvalue weighted by Gasteiger charge is -2.05. The van der Waals surface area contributed by atoms with Gasteiger partial charge in [0.05, 0.1) is 5.02 Å². The van der Waals surface area contributed by atoms with Crippen LogP contribution in [0.1, 0.15) is 11.1 Å². The molecule has 3 aromatic rings. The number of benzene rings is 1. The minimum absolute atomic E-state index is 0.189. The minimum atomic E-state index is -0.189. The van der Waals surface area contributed by atoms with Crippen LogP contribution in [0.5, 0.6) is 0 Å². The zero-order valence-electron chi connectivity index (χ0n) is 10.1. The summed E-state index contributed by atoms with van der Waals surface area (Å²) in [5.74, 6) is 0. The standard InChI is InChI=1S/C15H11ClN2O/c16-13-6-7-14-17-15(19)12(9-18(14)10-13)8-11-4-2-1-3-5-11/h1-7,9-10H,8H2. The molecule has 0 amide bonds. The first-order valence-electron chi connectivity index (χ1n) is 5.94. The van der Waals surface area contributed by atoms with Crippen LogP contribution < -0.4 is 5.56 Å². The molecular formula is C15H11ClN2O. The van der Waals surface area contributed by atoms with Gasteiger partial charge in [-0.25, -0.2) is 0 Å². The smallest absolute Gasteiger partial charge is 0.276 e. The lowest BCUT2D eigenvalue weighted by molar-refractivity contribution is 1.00. The molecule has 19 heavy (non-hydrogen) atoms. The summed E-state index contributed by atoms with van der Waals surface area (Å²) in [6.45, 7) is 0. The molecule has 0 unspecified atom stereocenters. The highest BCUT2D eigenvalue weighted by Crippen LogP contribution is 2.10. The number of aromatic nitrogens is 2. The van der Waals surface area contributed by atoms with Gasteiger partial charge >= 0.3 is 0 Å². The quantitative estimate of drug-likeness (QED) is 0.717. The largest absolute Gasteiger partial charge is 0.307 e. The lowest BCUT2D eigenvalue weighted by Crippen LogP contribution is -2.15. The number of hydrogen-bond acceptors (Lipinski definition) is 2. The summed E-state index contributed by atoms with van der Waals surface area (Å²) in [4.78, 5) is 16.0. The molecule has 0 spiro atoms. The molecule has 1 aromatic carbocycles. The SMILES string of the molecule is O=c1nc2ccc(Cl)cn2cc1Cc1ccccc1. The second-order valence-electron chi connectivity index (χ2n) is 4.35. The predicted molar refractivity (Wildman–Crippen MR) is 75.7 cm³/mol. The molecule has 2 heterocycles. The second kappa shape index (κ2) is 4.86. The van der Waals surface area contributed by atoms with Gasteiger partial charge in [0.15, 0.2) is 0 Å². The van der Waals surface area contributed by atoms with E-state index >= 15 is 0 Å². The maximum absolute atomic E-state index is 12.0. The van der Waals surface area contributed by atoms with E-state index in [1.807, 2.05) is 30.3 Å². The highest BCUT2D eigenvalue weighted by molar-refractivity contribution is 6.30. The molecule has 94 valence electrons. The predicted octanol–water partition coefficient (Wildman–Crippen LogP) is 2.94. The van der Waals surface area contributed by atoms with Crippen LogP contribution in [0.2, 0.25) is 5.02 Å². The summed E-state index contributed by atoms with van der Waals surface area (Å²) < 4.78 is 1.78. The van der Waals surface area contributed by atoms with Gasteiger partial charge in [-0.05, 0) is 17.7 Å². The Balaban J connectivity index is 2.08. The van der Waals surface area contributed by atoms with Crippen molar-refractivity contribution in [1.82, 2.24) is 9.38 Å². The molecule has 4 heteroatoms. The molecule has 0 saturated carbocycles. The first-order valence-corrected chi connectivity index (χ1v) is 6.31. The molecule has 3 rings (SSSR count). The molecule has 0 aliphatic carbocycles. The van der Waals surface area contributed by atoms with Gasteiger partial charge < -0.3 is 4.40 Å². The van der Waals surface area contributed by atoms with E-state index in [4.69, 9.17) is 11.6 Å². The van der Waals surface area contributed by atoms with Crippen LogP contribution >= 0.6 is 11.6 Å². The normalized spacial score (nSPS) is 10.8. The topological polar surface area (TPSA) is 34.4 Å². The number of pyridine rings is 1. The Morgan fingerprint density at radius 1 is 1.05 bits per heavy atom. The summed E-state index contributed by atoms with van der Waals surface area (Å²) in [5, 5.41) is 0.614. The van der Waals surface area contributed by atoms with E-state index in [0.29, 0.717) is 22.7 Å². The fourth-order valence-electron chi connectivity index (χ4n) is 2.02. The fourth-order valence-corrected chi connectivity index (χ4v) is 2.18. The third-order valence-electron chi connectivity index (χ3n) is 2.94. The molecule has 0 aliphatic rings. The van der Waals surface area contributed by atoms with Gasteiger partial charge in [-0.1, -0.05) is 41.9 Å². The summed E-state index contributed by atoms with van der Waals surface area (Å²) in [6.07, 6.45) is 4.11. The third-order valence-corrected chi connectivity index (χ3v) is 3.17. The summed E-state index contributed by atoms with van der Waals surface area (Å²) >= 11 is 5.94. The molecular weight excluding hydrogens is 260 g/mol. The maximum atomic E-state index is 12.0. The number of fused-ring (bicyclic) bond motifs is 1. The molecule has 0 atom stereocenters. The minimum Gasteiger partial charge on any atom is -0.307 e. The molecule has 0 fully saturated rings. The van der Waals surface area contributed by atoms with Gasteiger partial charge in [-0.3, -0.25) is 4.79 Å². The molecule has 3 nitrogen and oxygen atoms in total. The Morgan fingerprint density at radius 2 is 1.84 bits per heavy atom. The molecule has 0 radical (unpaired) electrons. The Labute approximate surface area is 115 Å². The molecule has 0 aliphatic heterocycles. The van der Waals surface area contributed by atoms with Gasteiger partial charge in [0.25, 0.3) is 5.56 Å². The zero-order valence-corrected chi connectivity index (χ0v) is 10.8. The van der Waals surface area contributed by atoms with Crippen molar-refractivity contribution in [3.8, 4) is 0 Å². The molecule has 2 aromatic heterocycles. The second-order valence-corrected chi connectivity index (χ2v) is 4.78. The summed E-state index contributed by atoms with van der Waals surface area (Å²) in [7, 11) is 0. The van der Waals surface area contributed by atoms with Gasteiger partial charge in [0, 0.05) is 24.4 Å². The first kappa shape index (κ1) is 11.9. The Hall–Kier alpha value is -2.13. The number of rotatable bonds is 2. The highest BCUT2D eigenvalue weighted by Gasteiger charge is 2.05. The van der Waals surface area contributed by atoms with Crippen LogP contribution in [0.3, 0.4) is 0 Å². The number of hydrogen-bond donors (Lipinski definition) is 0. The van der Waals surface area contributed by atoms with Crippen molar-refractivity contribution in [2.75, 3.05) is 0 Å². The van der Waals surface area contributed by atoms with Crippen molar-refractivity contribution in [3.63, 3.8) is 0 Å². The van der Waals surface area contributed by atoms with Gasteiger partial charge in [0.2, 0.25) is 0 Å². The van der Waals surface area contributed by atoms with Crippen molar-refractivity contribution >= 4 is 17.2 Å². The van der Waals surface area contributed by atoms with Crippen LogP contribution in [-0.2, 0) is 6.42 Å². The summed E-state index contributed by atoms with van der Waals surface area (Å²) in [6, 6.07) is 13.3. The summed E-state index contributed by atoms with van der Waals surface area (Å²) in [5.41, 5.74) is 2.16. The van der Waals surface area contributed by atoms with Crippen molar-refractivity contribution in [3.05, 3.63) is 81.4 Å². The third kappa shape index (κ3) is 2.51. The van der Waals surface area contributed by atoms with E-state index in [9.17, 15) is 4.79 Å². The van der Waals surface area contributed by atoms with E-state index in [2.05, 4.69) is 4.98 Å². The first-order chi connectivity index (χ1) is 9.22. The number of nitrogens with zero attached hydrogens (tertiary/aromatic N) is 2. The maximum Gasteiger partial charge on any atom is 0.276 e. The van der Waals surface area contributed by atoms with Crippen molar-refractivity contribution < 1.29 is 0 Å². The lowest BCUT2D eigenvalue weighted by atomic mass is 10.1. The van der Waals surface area contributed by atoms with E-state index in [1.165, 1.54) is 0 Å². The highest BCUT2D eigenvalue weighted by atomic mass is 35.5. The Bertz CT molecular complexity index is 781. The van der Waals surface area contributed by atoms with E-state index in [0.717, 1.165) is 5.56 Å².